The van der Waals surface area contributed by atoms with Gasteiger partial charge in [-0.15, -0.1) is 0 Å². The fourth-order valence-corrected chi connectivity index (χ4v) is 5.18. The normalized spacial score (nSPS) is 19.0. The number of carboxylic acid groups (broad SMARTS) is 1. The maximum absolute atomic E-state index is 13.3. The Balaban J connectivity index is 1.95. The van der Waals surface area contributed by atoms with Crippen molar-refractivity contribution in [1.29, 1.82) is 0 Å². The molecule has 3 N–H and O–H groups in total. The molecule has 3 rings (SSSR count). The summed E-state index contributed by atoms with van der Waals surface area (Å²) in [5, 5.41) is 13.6. The lowest BCUT2D eigenvalue weighted by Gasteiger charge is -2.36. The molecule has 1 aromatic rings. The number of carbonyl (C=O) groups excluding carboxylic acids is 2. The van der Waals surface area contributed by atoms with E-state index < -0.39 is 33.5 Å². The van der Waals surface area contributed by atoms with E-state index in [-0.39, 0.29) is 42.3 Å². The number of urea groups is 1. The van der Waals surface area contributed by atoms with Crippen molar-refractivity contribution < 1.29 is 37.4 Å². The Morgan fingerprint density at radius 3 is 2.37 bits per heavy atom. The van der Waals surface area contributed by atoms with E-state index in [9.17, 15) is 22.8 Å². The minimum absolute atomic E-state index is 0.00328. The summed E-state index contributed by atoms with van der Waals surface area (Å²) in [5.41, 5.74) is -0.818. The van der Waals surface area contributed by atoms with Crippen LogP contribution in [0.5, 0.6) is 11.5 Å². The summed E-state index contributed by atoms with van der Waals surface area (Å²) in [7, 11) is -1.44. The molecule has 2 saturated heterocycles. The number of carbonyl (C=O) groups is 3. The second-order valence-electron chi connectivity index (χ2n) is 6.82. The molecule has 0 unspecified atom stereocenters. The number of amides is 3. The molecular weight excluding hydrogens is 418 g/mol. The zero-order chi connectivity index (χ0) is 22.1. The largest absolute Gasteiger partial charge is 0.493 e. The van der Waals surface area contributed by atoms with Crippen molar-refractivity contribution >= 4 is 34.0 Å². The van der Waals surface area contributed by atoms with Crippen LogP contribution in [0.2, 0.25) is 0 Å². The van der Waals surface area contributed by atoms with E-state index in [0.717, 1.165) is 6.08 Å². The average Bonchev–Trinajstić information content (AvgIpc) is 2.98. The molecule has 0 aromatic heterocycles. The number of nitrogens with zero attached hydrogens (tertiary/aromatic N) is 1. The van der Waals surface area contributed by atoms with E-state index in [0.29, 0.717) is 5.56 Å². The van der Waals surface area contributed by atoms with Crippen molar-refractivity contribution in [3.63, 3.8) is 0 Å². The molecular formula is C18H21N3O8S. The van der Waals surface area contributed by atoms with Gasteiger partial charge in [-0.1, -0.05) is 0 Å². The Bertz CT molecular complexity index is 1030. The number of rotatable bonds is 6. The Morgan fingerprint density at radius 2 is 1.87 bits per heavy atom. The first-order valence-corrected chi connectivity index (χ1v) is 10.4. The molecule has 2 fully saturated rings. The first kappa shape index (κ1) is 21.6. The maximum Gasteiger partial charge on any atom is 0.328 e. The van der Waals surface area contributed by atoms with Crippen molar-refractivity contribution in [3.05, 3.63) is 23.8 Å². The average molecular weight is 439 g/mol. The van der Waals surface area contributed by atoms with E-state index in [4.69, 9.17) is 14.6 Å². The number of hydrogen-bond acceptors (Lipinski definition) is 7. The van der Waals surface area contributed by atoms with Crippen molar-refractivity contribution in [1.82, 2.24) is 14.9 Å². The highest BCUT2D eigenvalue weighted by Crippen LogP contribution is 2.39. The zero-order valence-corrected chi connectivity index (χ0v) is 17.1. The second-order valence-corrected chi connectivity index (χ2v) is 8.73. The van der Waals surface area contributed by atoms with Crippen LogP contribution in [0.3, 0.4) is 0 Å². The predicted octanol–water partition coefficient (Wildman–Crippen LogP) is 0.164. The van der Waals surface area contributed by atoms with Gasteiger partial charge in [0.25, 0.3) is 5.91 Å². The standard InChI is InChI=1S/C18H21N3O8S/c1-28-12-9-11(3-4-14(22)23)10-13(15(12)29-2)30(26,27)21-7-5-18(6-8-21)16(24)19-17(25)20-18/h3-4,9-10H,5-8H2,1-2H3,(H,22,23)(H2,19,20,24,25). The van der Waals surface area contributed by atoms with Gasteiger partial charge in [-0.3, -0.25) is 10.1 Å². The van der Waals surface area contributed by atoms with Gasteiger partial charge in [-0.25, -0.2) is 18.0 Å². The Morgan fingerprint density at radius 1 is 1.20 bits per heavy atom. The minimum atomic E-state index is -4.07. The van der Waals surface area contributed by atoms with E-state index in [1.165, 1.54) is 36.7 Å². The van der Waals surface area contributed by atoms with Crippen LogP contribution in [-0.4, -0.2) is 68.6 Å². The van der Waals surface area contributed by atoms with Gasteiger partial charge < -0.3 is 19.9 Å². The molecule has 0 atom stereocenters. The predicted molar refractivity (Wildman–Crippen MR) is 104 cm³/mol. The van der Waals surface area contributed by atoms with Crippen LogP contribution in [-0.2, 0) is 19.6 Å². The Hall–Kier alpha value is -3.12. The molecule has 0 bridgehead atoms. The Labute approximate surface area is 172 Å². The molecule has 3 amide bonds. The number of imide groups is 1. The van der Waals surface area contributed by atoms with Gasteiger partial charge in [0.15, 0.2) is 11.5 Å². The highest BCUT2D eigenvalue weighted by atomic mass is 32.2. The molecule has 0 saturated carbocycles. The van der Waals surface area contributed by atoms with Gasteiger partial charge in [0.2, 0.25) is 10.0 Å². The van der Waals surface area contributed by atoms with E-state index in [2.05, 4.69) is 10.6 Å². The summed E-state index contributed by atoms with van der Waals surface area (Å²) in [6.45, 7) is -0.00656. The summed E-state index contributed by atoms with van der Waals surface area (Å²) in [6.07, 6.45) is 2.35. The number of nitrogens with one attached hydrogen (secondary N) is 2. The molecule has 0 aliphatic carbocycles. The summed E-state index contributed by atoms with van der Waals surface area (Å²) in [5.74, 6) is -1.55. The Kier molecular flexibility index (Phi) is 5.72. The van der Waals surface area contributed by atoms with E-state index in [1.807, 2.05) is 0 Å². The van der Waals surface area contributed by atoms with Crippen molar-refractivity contribution in [2.75, 3.05) is 27.3 Å². The van der Waals surface area contributed by atoms with Crippen LogP contribution < -0.4 is 20.1 Å². The van der Waals surface area contributed by atoms with Crippen LogP contribution in [0.15, 0.2) is 23.1 Å². The fraction of sp³-hybridized carbons (Fsp3) is 0.389. The van der Waals surface area contributed by atoms with Crippen molar-refractivity contribution in [2.45, 2.75) is 23.3 Å². The summed E-state index contributed by atoms with van der Waals surface area (Å²) in [4.78, 5) is 34.2. The summed E-state index contributed by atoms with van der Waals surface area (Å²) >= 11 is 0. The molecule has 1 spiro atoms. The molecule has 2 aliphatic heterocycles. The lowest BCUT2D eigenvalue weighted by Crippen LogP contribution is -2.55. The molecule has 0 radical (unpaired) electrons. The number of piperidine rings is 1. The molecule has 1 aromatic carbocycles. The molecule has 2 aliphatic rings. The molecule has 30 heavy (non-hydrogen) atoms. The van der Waals surface area contributed by atoms with Crippen LogP contribution in [0, 0.1) is 0 Å². The highest BCUT2D eigenvalue weighted by Gasteiger charge is 2.49. The van der Waals surface area contributed by atoms with Gasteiger partial charge in [-0.2, -0.15) is 4.31 Å². The number of methoxy groups -OCH3 is 2. The topological polar surface area (TPSA) is 151 Å². The first-order chi connectivity index (χ1) is 14.1. The first-order valence-electron chi connectivity index (χ1n) is 8.94. The van der Waals surface area contributed by atoms with Crippen molar-refractivity contribution in [3.8, 4) is 11.5 Å². The quantitative estimate of drug-likeness (QED) is 0.419. The van der Waals surface area contributed by atoms with Crippen LogP contribution in [0.1, 0.15) is 18.4 Å². The fourth-order valence-electron chi connectivity index (χ4n) is 3.53. The monoisotopic (exact) mass is 439 g/mol. The lowest BCUT2D eigenvalue weighted by atomic mass is 9.89. The van der Waals surface area contributed by atoms with E-state index >= 15 is 0 Å². The maximum atomic E-state index is 13.3. The van der Waals surface area contributed by atoms with Gasteiger partial charge in [0, 0.05) is 19.2 Å². The number of carboxylic acids is 1. The van der Waals surface area contributed by atoms with Gasteiger partial charge >= 0.3 is 12.0 Å². The minimum Gasteiger partial charge on any atom is -0.493 e. The molecule has 2 heterocycles. The third-order valence-electron chi connectivity index (χ3n) is 5.09. The smallest absolute Gasteiger partial charge is 0.328 e. The number of sulfonamides is 1. The summed E-state index contributed by atoms with van der Waals surface area (Å²) in [6, 6.07) is 2.16. The second kappa shape index (κ2) is 7.95. The van der Waals surface area contributed by atoms with Crippen LogP contribution in [0.25, 0.3) is 6.08 Å². The van der Waals surface area contributed by atoms with E-state index in [1.54, 1.807) is 0 Å². The number of aliphatic carboxylic acids is 1. The zero-order valence-electron chi connectivity index (χ0n) is 16.3. The number of benzene rings is 1. The van der Waals surface area contributed by atoms with Gasteiger partial charge in [-0.05, 0) is 36.6 Å². The molecule has 162 valence electrons. The molecule has 12 heteroatoms. The third-order valence-corrected chi connectivity index (χ3v) is 7.00. The molecule has 11 nitrogen and oxygen atoms in total. The third kappa shape index (κ3) is 3.83. The number of hydrogen-bond donors (Lipinski definition) is 3. The van der Waals surface area contributed by atoms with Crippen molar-refractivity contribution in [2.24, 2.45) is 0 Å². The van der Waals surface area contributed by atoms with Gasteiger partial charge in [0.1, 0.15) is 10.4 Å². The SMILES string of the molecule is COc1cc(C=CC(=O)O)cc(S(=O)(=O)N2CCC3(CC2)NC(=O)NC3=O)c1OC. The lowest BCUT2D eigenvalue weighted by molar-refractivity contribution is -0.131. The van der Waals surface area contributed by atoms with Crippen LogP contribution in [0.4, 0.5) is 4.79 Å². The highest BCUT2D eigenvalue weighted by molar-refractivity contribution is 7.89. The van der Waals surface area contributed by atoms with Crippen LogP contribution >= 0.6 is 0 Å². The summed E-state index contributed by atoms with van der Waals surface area (Å²) < 4.78 is 38.3. The number of ether oxygens (including phenoxy) is 2. The van der Waals surface area contributed by atoms with Gasteiger partial charge in [0.05, 0.1) is 14.2 Å².